The first kappa shape index (κ1) is 8.14. The molecule has 0 bridgehead atoms. The monoisotopic (exact) mass is 189 g/mol. The average Bonchev–Trinajstić information content (AvgIpc) is 2.50. The third-order valence-corrected chi connectivity index (χ3v) is 2.99. The summed E-state index contributed by atoms with van der Waals surface area (Å²) in [6.07, 6.45) is 1.88. The summed E-state index contributed by atoms with van der Waals surface area (Å²) in [7, 11) is 0. The van der Waals surface area contributed by atoms with Crippen molar-refractivity contribution in [2.75, 3.05) is 0 Å². The number of aromatic nitrogens is 2. The molecule has 0 saturated heterocycles. The molecule has 2 rings (SSSR count). The molecule has 0 amide bonds. The van der Waals surface area contributed by atoms with E-state index in [1.165, 1.54) is 6.33 Å². The van der Waals surface area contributed by atoms with Crippen LogP contribution in [0.4, 0.5) is 0 Å². The van der Waals surface area contributed by atoms with Gasteiger partial charge in [0.05, 0.1) is 28.4 Å². The Morgan fingerprint density at radius 1 is 1.54 bits per heavy atom. The van der Waals surface area contributed by atoms with Gasteiger partial charge in [0.15, 0.2) is 0 Å². The number of rotatable bonds is 1. The van der Waals surface area contributed by atoms with E-state index in [4.69, 9.17) is 5.26 Å². The Hall–Kier alpha value is -1.47. The fourth-order valence-corrected chi connectivity index (χ4v) is 2.21. The van der Waals surface area contributed by atoms with Crippen molar-refractivity contribution in [2.45, 2.75) is 13.3 Å². The van der Waals surface area contributed by atoms with Crippen LogP contribution >= 0.6 is 11.3 Å². The summed E-state index contributed by atoms with van der Waals surface area (Å²) < 4.78 is 1.04. The molecule has 0 fully saturated rings. The number of hydrogen-bond donors (Lipinski definition) is 0. The summed E-state index contributed by atoms with van der Waals surface area (Å²) in [5.74, 6) is 0. The number of nitriles is 1. The smallest absolute Gasteiger partial charge is 0.116 e. The van der Waals surface area contributed by atoms with Gasteiger partial charge in [0.2, 0.25) is 0 Å². The Kier molecular flexibility index (Phi) is 1.95. The Morgan fingerprint density at radius 2 is 2.38 bits per heavy atom. The summed E-state index contributed by atoms with van der Waals surface area (Å²) in [6.45, 7) is 2.02. The van der Waals surface area contributed by atoms with E-state index in [1.54, 1.807) is 11.3 Å². The van der Waals surface area contributed by atoms with Crippen LogP contribution in [-0.4, -0.2) is 9.97 Å². The van der Waals surface area contributed by atoms with Gasteiger partial charge in [-0.05, 0) is 17.9 Å². The molecule has 2 aromatic heterocycles. The molecule has 4 heteroatoms. The molecule has 3 nitrogen and oxygen atoms in total. The molecule has 0 aliphatic carbocycles. The molecule has 0 radical (unpaired) electrons. The van der Waals surface area contributed by atoms with Crippen LogP contribution in [-0.2, 0) is 6.42 Å². The van der Waals surface area contributed by atoms with Crippen molar-refractivity contribution in [3.8, 4) is 6.07 Å². The van der Waals surface area contributed by atoms with Crippen molar-refractivity contribution in [3.63, 3.8) is 0 Å². The van der Waals surface area contributed by atoms with Crippen molar-refractivity contribution in [3.05, 3.63) is 23.0 Å². The molecule has 2 aromatic rings. The number of aryl methyl sites for hydroxylation is 1. The molecule has 0 spiro atoms. The van der Waals surface area contributed by atoms with E-state index in [-0.39, 0.29) is 0 Å². The van der Waals surface area contributed by atoms with Crippen molar-refractivity contribution in [1.29, 1.82) is 5.26 Å². The van der Waals surface area contributed by atoms with Gasteiger partial charge in [-0.25, -0.2) is 9.97 Å². The van der Waals surface area contributed by atoms with Gasteiger partial charge in [-0.3, -0.25) is 0 Å². The minimum Gasteiger partial charge on any atom is -0.239 e. The maximum atomic E-state index is 8.58. The predicted octanol–water partition coefficient (Wildman–Crippen LogP) is 2.07. The molecule has 0 aliphatic rings. The number of hydrogen-bond acceptors (Lipinski definition) is 4. The summed E-state index contributed by atoms with van der Waals surface area (Å²) in [5.41, 5.74) is 2.97. The number of fused-ring (bicyclic) bond motifs is 1. The molecule has 13 heavy (non-hydrogen) atoms. The summed E-state index contributed by atoms with van der Waals surface area (Å²) in [4.78, 5) is 8.26. The van der Waals surface area contributed by atoms with Gasteiger partial charge in [0.1, 0.15) is 6.33 Å². The Bertz CT molecular complexity index is 481. The highest BCUT2D eigenvalue weighted by atomic mass is 32.1. The van der Waals surface area contributed by atoms with Crippen LogP contribution in [0.1, 0.15) is 11.3 Å². The number of thiophene rings is 1. The lowest BCUT2D eigenvalue weighted by Gasteiger charge is -1.94. The zero-order valence-electron chi connectivity index (χ0n) is 7.11. The van der Waals surface area contributed by atoms with E-state index in [9.17, 15) is 0 Å². The summed E-state index contributed by atoms with van der Waals surface area (Å²) in [6, 6.07) is 2.10. The van der Waals surface area contributed by atoms with Gasteiger partial charge in [0.25, 0.3) is 0 Å². The molecule has 0 saturated carbocycles. The van der Waals surface area contributed by atoms with Gasteiger partial charge in [-0.15, -0.1) is 11.3 Å². The van der Waals surface area contributed by atoms with Crippen molar-refractivity contribution >= 4 is 21.6 Å². The molecule has 0 unspecified atom stereocenters. The SMILES string of the molecule is Cc1csc2c(CC#N)ncnc12. The summed E-state index contributed by atoms with van der Waals surface area (Å²) in [5, 5.41) is 10.6. The lowest BCUT2D eigenvalue weighted by Crippen LogP contribution is -1.89. The maximum Gasteiger partial charge on any atom is 0.116 e. The van der Waals surface area contributed by atoms with Gasteiger partial charge in [-0.1, -0.05) is 0 Å². The molecule has 0 aromatic carbocycles. The topological polar surface area (TPSA) is 49.6 Å². The maximum absolute atomic E-state index is 8.58. The average molecular weight is 189 g/mol. The fourth-order valence-electron chi connectivity index (χ4n) is 1.22. The van der Waals surface area contributed by atoms with Gasteiger partial charge >= 0.3 is 0 Å². The molecule has 2 heterocycles. The second-order valence-corrected chi connectivity index (χ2v) is 3.63. The largest absolute Gasteiger partial charge is 0.239 e. The quantitative estimate of drug-likeness (QED) is 0.690. The zero-order valence-corrected chi connectivity index (χ0v) is 7.93. The third-order valence-electron chi connectivity index (χ3n) is 1.85. The van der Waals surface area contributed by atoms with Gasteiger partial charge < -0.3 is 0 Å². The van der Waals surface area contributed by atoms with Crippen LogP contribution in [0.15, 0.2) is 11.7 Å². The van der Waals surface area contributed by atoms with Crippen molar-refractivity contribution in [2.24, 2.45) is 0 Å². The van der Waals surface area contributed by atoms with Crippen molar-refractivity contribution < 1.29 is 0 Å². The summed E-state index contributed by atoms with van der Waals surface area (Å²) >= 11 is 1.60. The Labute approximate surface area is 79.7 Å². The number of nitrogens with zero attached hydrogens (tertiary/aromatic N) is 3. The van der Waals surface area contributed by atoms with Crippen LogP contribution in [0.25, 0.3) is 10.2 Å². The van der Waals surface area contributed by atoms with E-state index in [1.807, 2.05) is 12.3 Å². The van der Waals surface area contributed by atoms with Crippen LogP contribution in [0.5, 0.6) is 0 Å². The standard InChI is InChI=1S/C9H7N3S/c1-6-4-13-9-7(2-3-10)11-5-12-8(6)9/h4-5H,2H2,1H3. The minimum atomic E-state index is 0.360. The molecular weight excluding hydrogens is 182 g/mol. The Morgan fingerprint density at radius 3 is 3.15 bits per heavy atom. The van der Waals surface area contributed by atoms with Crippen molar-refractivity contribution in [1.82, 2.24) is 9.97 Å². The van der Waals surface area contributed by atoms with Crippen LogP contribution in [0, 0.1) is 18.3 Å². The van der Waals surface area contributed by atoms with Crippen LogP contribution in [0.2, 0.25) is 0 Å². The molecule has 64 valence electrons. The Balaban J connectivity index is 2.71. The second kappa shape index (κ2) is 3.11. The second-order valence-electron chi connectivity index (χ2n) is 2.75. The lowest BCUT2D eigenvalue weighted by atomic mass is 10.2. The highest BCUT2D eigenvalue weighted by Gasteiger charge is 2.06. The van der Waals surface area contributed by atoms with E-state index in [0.29, 0.717) is 6.42 Å². The normalized spacial score (nSPS) is 10.2. The van der Waals surface area contributed by atoms with Crippen LogP contribution in [0.3, 0.4) is 0 Å². The van der Waals surface area contributed by atoms with Gasteiger partial charge in [-0.2, -0.15) is 5.26 Å². The molecule has 0 atom stereocenters. The van der Waals surface area contributed by atoms with Crippen LogP contribution < -0.4 is 0 Å². The first-order valence-corrected chi connectivity index (χ1v) is 4.75. The van der Waals surface area contributed by atoms with E-state index < -0.39 is 0 Å². The van der Waals surface area contributed by atoms with Gasteiger partial charge in [0, 0.05) is 0 Å². The van der Waals surface area contributed by atoms with E-state index in [2.05, 4.69) is 16.0 Å². The van der Waals surface area contributed by atoms with E-state index >= 15 is 0 Å². The van der Waals surface area contributed by atoms with E-state index in [0.717, 1.165) is 21.5 Å². The highest BCUT2D eigenvalue weighted by Crippen LogP contribution is 2.25. The molecular formula is C9H7N3S. The minimum absolute atomic E-state index is 0.360. The highest BCUT2D eigenvalue weighted by molar-refractivity contribution is 7.17. The molecule has 0 aliphatic heterocycles. The molecule has 0 N–H and O–H groups in total. The fraction of sp³-hybridized carbons (Fsp3) is 0.222. The lowest BCUT2D eigenvalue weighted by molar-refractivity contribution is 1.10. The predicted molar refractivity (Wildman–Crippen MR) is 51.5 cm³/mol. The zero-order chi connectivity index (χ0) is 9.26. The first-order chi connectivity index (χ1) is 6.33. The third kappa shape index (κ3) is 1.27. The first-order valence-electron chi connectivity index (χ1n) is 3.87.